The Morgan fingerprint density at radius 2 is 2.04 bits per heavy atom. The predicted octanol–water partition coefficient (Wildman–Crippen LogP) is 3.23. The van der Waals surface area contributed by atoms with E-state index in [1.807, 2.05) is 12.1 Å². The average molecular weight is 338 g/mol. The molecule has 2 aromatic heterocycles. The van der Waals surface area contributed by atoms with Crippen molar-refractivity contribution in [2.24, 2.45) is 0 Å². The largest absolute Gasteiger partial charge is 0.357 e. The number of amides is 1. The number of pyridine rings is 1. The molecule has 0 atom stereocenters. The standard InChI is InChI=1S/C19H19FN4O/c20-15-3-4-16-14(10-15)11-17(23-16)19(25)22-12-13-5-6-21-18(9-13)24-7-1-2-8-24/h3-6,9-11,23H,1-2,7-8,12H2,(H,22,25). The number of aromatic amines is 1. The van der Waals surface area contributed by atoms with E-state index in [-0.39, 0.29) is 11.7 Å². The summed E-state index contributed by atoms with van der Waals surface area (Å²) >= 11 is 0. The van der Waals surface area contributed by atoms with Crippen molar-refractivity contribution in [1.82, 2.24) is 15.3 Å². The summed E-state index contributed by atoms with van der Waals surface area (Å²) in [6, 6.07) is 10.0. The first kappa shape index (κ1) is 15.6. The number of fused-ring (bicyclic) bond motifs is 1. The van der Waals surface area contributed by atoms with Crippen molar-refractivity contribution in [1.29, 1.82) is 0 Å². The molecule has 1 aromatic carbocycles. The lowest BCUT2D eigenvalue weighted by molar-refractivity contribution is 0.0946. The number of carbonyl (C=O) groups is 1. The summed E-state index contributed by atoms with van der Waals surface area (Å²) in [4.78, 5) is 22.0. The third-order valence-electron chi connectivity index (χ3n) is 4.52. The topological polar surface area (TPSA) is 61.0 Å². The lowest BCUT2D eigenvalue weighted by Gasteiger charge is -2.16. The predicted molar refractivity (Wildman–Crippen MR) is 95.1 cm³/mol. The molecule has 1 fully saturated rings. The molecule has 3 aromatic rings. The summed E-state index contributed by atoms with van der Waals surface area (Å²) < 4.78 is 13.3. The van der Waals surface area contributed by atoms with Crippen LogP contribution in [0.3, 0.4) is 0 Å². The van der Waals surface area contributed by atoms with Gasteiger partial charge < -0.3 is 15.2 Å². The lowest BCUT2D eigenvalue weighted by Crippen LogP contribution is -2.24. The van der Waals surface area contributed by atoms with E-state index in [1.54, 1.807) is 18.3 Å². The van der Waals surface area contributed by atoms with Crippen LogP contribution in [0.4, 0.5) is 10.2 Å². The Hall–Kier alpha value is -2.89. The van der Waals surface area contributed by atoms with E-state index in [0.717, 1.165) is 30.0 Å². The van der Waals surface area contributed by atoms with Crippen LogP contribution < -0.4 is 10.2 Å². The molecule has 25 heavy (non-hydrogen) atoms. The number of carbonyl (C=O) groups excluding carboxylic acids is 1. The van der Waals surface area contributed by atoms with E-state index >= 15 is 0 Å². The van der Waals surface area contributed by atoms with Crippen molar-refractivity contribution in [2.45, 2.75) is 19.4 Å². The fourth-order valence-electron chi connectivity index (χ4n) is 3.19. The van der Waals surface area contributed by atoms with E-state index in [4.69, 9.17) is 0 Å². The minimum atomic E-state index is -0.315. The molecule has 6 heteroatoms. The van der Waals surface area contributed by atoms with Gasteiger partial charge in [-0.2, -0.15) is 0 Å². The summed E-state index contributed by atoms with van der Waals surface area (Å²) in [6.45, 7) is 2.49. The van der Waals surface area contributed by atoms with E-state index < -0.39 is 0 Å². The SMILES string of the molecule is O=C(NCc1ccnc(N2CCCC2)c1)c1cc2cc(F)ccc2[nH]1. The van der Waals surface area contributed by atoms with Gasteiger partial charge in [0.1, 0.15) is 17.3 Å². The molecule has 1 amide bonds. The Morgan fingerprint density at radius 1 is 1.20 bits per heavy atom. The van der Waals surface area contributed by atoms with Gasteiger partial charge >= 0.3 is 0 Å². The number of nitrogens with zero attached hydrogens (tertiary/aromatic N) is 2. The molecule has 0 spiro atoms. The fraction of sp³-hybridized carbons (Fsp3) is 0.263. The molecule has 1 aliphatic heterocycles. The Morgan fingerprint density at radius 3 is 2.88 bits per heavy atom. The quantitative estimate of drug-likeness (QED) is 0.768. The van der Waals surface area contributed by atoms with Gasteiger partial charge in [0.2, 0.25) is 0 Å². The minimum Gasteiger partial charge on any atom is -0.357 e. The second-order valence-corrected chi connectivity index (χ2v) is 6.31. The molecule has 5 nitrogen and oxygen atoms in total. The number of hydrogen-bond acceptors (Lipinski definition) is 3. The second kappa shape index (κ2) is 6.55. The van der Waals surface area contributed by atoms with Crippen LogP contribution in [0.15, 0.2) is 42.6 Å². The van der Waals surface area contributed by atoms with Gasteiger partial charge in [-0.25, -0.2) is 9.37 Å². The fourth-order valence-corrected chi connectivity index (χ4v) is 3.19. The summed E-state index contributed by atoms with van der Waals surface area (Å²) in [6.07, 6.45) is 4.17. The van der Waals surface area contributed by atoms with E-state index in [0.29, 0.717) is 17.6 Å². The number of aromatic nitrogens is 2. The van der Waals surface area contributed by atoms with E-state index in [1.165, 1.54) is 25.0 Å². The summed E-state index contributed by atoms with van der Waals surface area (Å²) in [5, 5.41) is 3.58. The number of anilines is 1. The van der Waals surface area contributed by atoms with Crippen molar-refractivity contribution < 1.29 is 9.18 Å². The van der Waals surface area contributed by atoms with Crippen molar-refractivity contribution >= 4 is 22.6 Å². The molecule has 0 unspecified atom stereocenters. The molecule has 2 N–H and O–H groups in total. The first-order valence-electron chi connectivity index (χ1n) is 8.45. The van der Waals surface area contributed by atoms with Crippen LogP contribution in [0, 0.1) is 5.82 Å². The zero-order valence-corrected chi connectivity index (χ0v) is 13.8. The first-order valence-corrected chi connectivity index (χ1v) is 8.45. The monoisotopic (exact) mass is 338 g/mol. The maximum atomic E-state index is 13.3. The molecular formula is C19H19FN4O. The van der Waals surface area contributed by atoms with Crippen LogP contribution in [0.2, 0.25) is 0 Å². The lowest BCUT2D eigenvalue weighted by atomic mass is 10.2. The third-order valence-corrected chi connectivity index (χ3v) is 4.52. The highest BCUT2D eigenvalue weighted by Crippen LogP contribution is 2.19. The summed E-state index contributed by atoms with van der Waals surface area (Å²) in [7, 11) is 0. The summed E-state index contributed by atoms with van der Waals surface area (Å²) in [5.74, 6) is 0.436. The molecule has 0 radical (unpaired) electrons. The number of hydrogen-bond donors (Lipinski definition) is 2. The second-order valence-electron chi connectivity index (χ2n) is 6.31. The first-order chi connectivity index (χ1) is 12.2. The van der Waals surface area contributed by atoms with Gasteiger partial charge in [0.15, 0.2) is 0 Å². The highest BCUT2D eigenvalue weighted by molar-refractivity contribution is 5.97. The molecular weight excluding hydrogens is 319 g/mol. The Balaban J connectivity index is 1.45. The molecule has 0 aliphatic carbocycles. The molecule has 1 saturated heterocycles. The molecule has 0 saturated carbocycles. The number of H-pyrrole nitrogens is 1. The van der Waals surface area contributed by atoms with Crippen LogP contribution in [0.5, 0.6) is 0 Å². The molecule has 1 aliphatic rings. The molecule has 0 bridgehead atoms. The maximum Gasteiger partial charge on any atom is 0.267 e. The summed E-state index contributed by atoms with van der Waals surface area (Å²) in [5.41, 5.74) is 2.17. The van der Waals surface area contributed by atoms with Gasteiger partial charge in [-0.1, -0.05) is 0 Å². The molecule has 4 rings (SSSR count). The van der Waals surface area contributed by atoms with Gasteiger partial charge in [-0.05, 0) is 54.8 Å². The average Bonchev–Trinajstić information content (AvgIpc) is 3.29. The Bertz CT molecular complexity index is 915. The number of rotatable bonds is 4. The van der Waals surface area contributed by atoms with Crippen LogP contribution in [0.1, 0.15) is 28.9 Å². The Labute approximate surface area is 144 Å². The highest BCUT2D eigenvalue weighted by atomic mass is 19.1. The van der Waals surface area contributed by atoms with Crippen molar-refractivity contribution in [3.05, 3.63) is 59.7 Å². The normalized spacial score (nSPS) is 14.2. The van der Waals surface area contributed by atoms with Crippen LogP contribution in [-0.2, 0) is 6.54 Å². The molecule has 3 heterocycles. The Kier molecular flexibility index (Phi) is 4.09. The number of nitrogens with one attached hydrogen (secondary N) is 2. The van der Waals surface area contributed by atoms with Crippen LogP contribution >= 0.6 is 0 Å². The number of benzene rings is 1. The zero-order valence-electron chi connectivity index (χ0n) is 13.8. The van der Waals surface area contributed by atoms with E-state index in [2.05, 4.69) is 20.2 Å². The zero-order chi connectivity index (χ0) is 17.2. The highest BCUT2D eigenvalue weighted by Gasteiger charge is 2.14. The van der Waals surface area contributed by atoms with Gasteiger partial charge in [0.25, 0.3) is 5.91 Å². The third kappa shape index (κ3) is 3.33. The minimum absolute atomic E-state index is 0.212. The van der Waals surface area contributed by atoms with E-state index in [9.17, 15) is 9.18 Å². The molecule has 128 valence electrons. The van der Waals surface area contributed by atoms with Crippen molar-refractivity contribution in [3.8, 4) is 0 Å². The van der Waals surface area contributed by atoms with Crippen molar-refractivity contribution in [3.63, 3.8) is 0 Å². The van der Waals surface area contributed by atoms with Crippen molar-refractivity contribution in [2.75, 3.05) is 18.0 Å². The number of halogens is 1. The van der Waals surface area contributed by atoms with Crippen LogP contribution in [-0.4, -0.2) is 29.0 Å². The maximum absolute atomic E-state index is 13.3. The van der Waals surface area contributed by atoms with Gasteiger partial charge in [0.05, 0.1) is 0 Å². The van der Waals surface area contributed by atoms with Gasteiger partial charge in [-0.15, -0.1) is 0 Å². The van der Waals surface area contributed by atoms with Gasteiger partial charge in [0, 0.05) is 36.7 Å². The smallest absolute Gasteiger partial charge is 0.267 e. The van der Waals surface area contributed by atoms with Crippen LogP contribution in [0.25, 0.3) is 10.9 Å². The van der Waals surface area contributed by atoms with Gasteiger partial charge in [-0.3, -0.25) is 4.79 Å².